The van der Waals surface area contributed by atoms with Gasteiger partial charge in [0.25, 0.3) is 0 Å². The molecule has 210 valence electrons. The first-order valence-corrected chi connectivity index (χ1v) is 14.1. The molecule has 0 bridgehead atoms. The largest absolute Gasteiger partial charge is 0.526 e. The third-order valence-electron chi connectivity index (χ3n) is 9.37. The summed E-state index contributed by atoms with van der Waals surface area (Å²) in [5.74, 6) is -4.17. The van der Waals surface area contributed by atoms with Gasteiger partial charge in [0.05, 0.1) is 24.4 Å². The number of hydrogen-bond donors (Lipinski definition) is 5. The van der Waals surface area contributed by atoms with Gasteiger partial charge in [0.1, 0.15) is 18.0 Å². The summed E-state index contributed by atoms with van der Waals surface area (Å²) in [6, 6.07) is 0. The van der Waals surface area contributed by atoms with E-state index in [1.54, 1.807) is 13.8 Å². The molecule has 0 aliphatic heterocycles. The number of aliphatic hydroxyl groups is 3. The van der Waals surface area contributed by atoms with Gasteiger partial charge in [0, 0.05) is 17.4 Å². The van der Waals surface area contributed by atoms with E-state index in [9.17, 15) is 39.1 Å². The van der Waals surface area contributed by atoms with Gasteiger partial charge in [-0.15, -0.1) is 0 Å². The Morgan fingerprint density at radius 2 is 1.76 bits per heavy atom. The molecule has 4 rings (SSSR count). The van der Waals surface area contributed by atoms with Crippen molar-refractivity contribution in [3.63, 3.8) is 0 Å². The summed E-state index contributed by atoms with van der Waals surface area (Å²) >= 11 is 0. The van der Waals surface area contributed by atoms with Crippen molar-refractivity contribution < 1.29 is 58.1 Å². The van der Waals surface area contributed by atoms with Crippen LogP contribution in [-0.2, 0) is 33.0 Å². The van der Waals surface area contributed by atoms with Gasteiger partial charge < -0.3 is 24.6 Å². The fourth-order valence-electron chi connectivity index (χ4n) is 7.69. The van der Waals surface area contributed by atoms with Crippen molar-refractivity contribution >= 4 is 31.3 Å². The summed E-state index contributed by atoms with van der Waals surface area (Å²) < 4.78 is 20.3. The Labute approximate surface area is 218 Å². The van der Waals surface area contributed by atoms with Crippen LogP contribution in [0, 0.1) is 28.6 Å². The average Bonchev–Trinajstić information content (AvgIpc) is 3.07. The van der Waals surface area contributed by atoms with E-state index >= 15 is 0 Å². The van der Waals surface area contributed by atoms with E-state index < -0.39 is 79.2 Å². The van der Waals surface area contributed by atoms with Crippen LogP contribution in [0.2, 0.25) is 0 Å². The number of fused-ring (bicyclic) bond motifs is 5. The second kappa shape index (κ2) is 9.76. The number of allylic oxidation sites excluding steroid dienone is 3. The topological polar surface area (TPSA) is 205 Å². The van der Waals surface area contributed by atoms with Gasteiger partial charge >= 0.3 is 19.8 Å². The lowest BCUT2D eigenvalue weighted by molar-refractivity contribution is -0.182. The molecule has 0 spiro atoms. The van der Waals surface area contributed by atoms with Crippen molar-refractivity contribution in [3.05, 3.63) is 23.5 Å². The number of rotatable bonds is 7. The summed E-state index contributed by atoms with van der Waals surface area (Å²) in [4.78, 5) is 66.7. The molecule has 0 aromatic carbocycles. The van der Waals surface area contributed by atoms with E-state index in [0.717, 1.165) is 0 Å². The van der Waals surface area contributed by atoms with Crippen LogP contribution in [0.25, 0.3) is 0 Å². The summed E-state index contributed by atoms with van der Waals surface area (Å²) in [5.41, 5.74) is -3.14. The van der Waals surface area contributed by atoms with Crippen LogP contribution in [0.4, 0.5) is 0 Å². The molecule has 3 saturated carbocycles. The van der Waals surface area contributed by atoms with Gasteiger partial charge in [-0.25, -0.2) is 4.57 Å². The Hall–Kier alpha value is -2.21. The van der Waals surface area contributed by atoms with Gasteiger partial charge in [-0.05, 0) is 56.9 Å². The maximum absolute atomic E-state index is 12.6. The minimum absolute atomic E-state index is 0.00500. The van der Waals surface area contributed by atoms with E-state index in [1.807, 2.05) is 0 Å². The number of aliphatic hydroxyl groups excluding tert-OH is 2. The zero-order valence-corrected chi connectivity index (χ0v) is 22.1. The van der Waals surface area contributed by atoms with Crippen LogP contribution in [0.3, 0.4) is 0 Å². The molecule has 0 saturated heterocycles. The SMILES string of the molecule is C[C@@]12C(=CC(=O)C=C1OC(=O)CCC(=O)OP(=O)(O)O)CC[C@@H]1[C@@H]2[C@@H](O)C[C@@]2(C)[C@H]1CC[C@]2(O)C(=O)CO. The third kappa shape index (κ3) is 4.61. The van der Waals surface area contributed by atoms with Gasteiger partial charge in [0.15, 0.2) is 11.6 Å². The Balaban J connectivity index is 1.60. The Morgan fingerprint density at radius 3 is 2.39 bits per heavy atom. The number of phosphoric acid groups is 1. The zero-order valence-electron chi connectivity index (χ0n) is 21.2. The number of hydrogen-bond acceptors (Lipinski definition) is 10. The molecule has 0 aromatic heterocycles. The van der Waals surface area contributed by atoms with Crippen LogP contribution in [0.5, 0.6) is 0 Å². The normalized spacial score (nSPS) is 38.2. The van der Waals surface area contributed by atoms with Crippen molar-refractivity contribution in [1.29, 1.82) is 0 Å². The van der Waals surface area contributed by atoms with Crippen molar-refractivity contribution in [2.45, 2.75) is 70.5 Å². The maximum atomic E-state index is 12.6. The summed E-state index contributed by atoms with van der Waals surface area (Å²) in [5, 5.41) is 32.4. The zero-order chi connectivity index (χ0) is 28.3. The monoisotopic (exact) mass is 556 g/mol. The van der Waals surface area contributed by atoms with Gasteiger partial charge in [0.2, 0.25) is 0 Å². The second-order valence-electron chi connectivity index (χ2n) is 11.2. The first-order valence-electron chi connectivity index (χ1n) is 12.6. The Bertz CT molecular complexity index is 1170. The molecule has 3 fully saturated rings. The van der Waals surface area contributed by atoms with Crippen LogP contribution in [-0.4, -0.2) is 66.9 Å². The van der Waals surface area contributed by atoms with E-state index in [4.69, 9.17) is 14.5 Å². The predicted molar refractivity (Wildman–Crippen MR) is 127 cm³/mol. The first kappa shape index (κ1) is 28.8. The molecule has 5 N–H and O–H groups in total. The molecule has 38 heavy (non-hydrogen) atoms. The predicted octanol–water partition coefficient (Wildman–Crippen LogP) is 0.845. The molecule has 0 unspecified atom stereocenters. The van der Waals surface area contributed by atoms with Gasteiger partial charge in [-0.3, -0.25) is 29.0 Å². The van der Waals surface area contributed by atoms with Crippen LogP contribution in [0.15, 0.2) is 23.5 Å². The quantitative estimate of drug-likeness (QED) is 0.219. The number of esters is 1. The van der Waals surface area contributed by atoms with Crippen LogP contribution < -0.4 is 0 Å². The highest BCUT2D eigenvalue weighted by Crippen LogP contribution is 2.68. The molecular weight excluding hydrogens is 523 g/mol. The number of phosphoric ester groups is 1. The maximum Gasteiger partial charge on any atom is 0.526 e. The van der Waals surface area contributed by atoms with Gasteiger partial charge in [-0.1, -0.05) is 12.5 Å². The summed E-state index contributed by atoms with van der Waals surface area (Å²) in [6.45, 7) is 2.73. The standard InChI is InChI=1S/C25H33O12P/c1-23-11-17(28)22-15(16(23)7-8-25(23,32)18(29)12-26)4-3-13-9-14(27)10-19(24(13,22)2)36-20(30)5-6-21(31)37-38(33,34)35/h9-10,15-17,22,26,28,32H,3-8,11-12H2,1-2H3,(H2,33,34,35)/t15-,16-,17-,22+,23-,24+,25-/m0/s1. The minimum atomic E-state index is -5.06. The average molecular weight is 557 g/mol. The van der Waals surface area contributed by atoms with Crippen molar-refractivity contribution in [1.82, 2.24) is 0 Å². The van der Waals surface area contributed by atoms with Crippen molar-refractivity contribution in [3.8, 4) is 0 Å². The fourth-order valence-corrected chi connectivity index (χ4v) is 8.04. The van der Waals surface area contributed by atoms with Crippen molar-refractivity contribution in [2.24, 2.45) is 28.6 Å². The second-order valence-corrected chi connectivity index (χ2v) is 12.4. The third-order valence-corrected chi connectivity index (χ3v) is 9.81. The summed E-state index contributed by atoms with van der Waals surface area (Å²) in [6.07, 6.45) is 2.13. The molecule has 7 atom stereocenters. The highest BCUT2D eigenvalue weighted by molar-refractivity contribution is 7.46. The number of Topliss-reactive ketones (excluding diaryl/α,β-unsaturated/α-hetero) is 1. The minimum Gasteiger partial charge on any atom is -0.430 e. The molecule has 4 aliphatic carbocycles. The van der Waals surface area contributed by atoms with Crippen molar-refractivity contribution in [2.75, 3.05) is 6.61 Å². The highest BCUT2D eigenvalue weighted by atomic mass is 31.2. The molecule has 13 heteroatoms. The molecule has 0 radical (unpaired) electrons. The first-order chi connectivity index (χ1) is 17.6. The molecule has 0 amide bonds. The lowest BCUT2D eigenvalue weighted by Gasteiger charge is -2.60. The Morgan fingerprint density at radius 1 is 1.11 bits per heavy atom. The molecule has 0 aromatic rings. The lowest BCUT2D eigenvalue weighted by Crippen LogP contribution is -2.62. The van der Waals surface area contributed by atoms with E-state index in [-0.39, 0.29) is 30.4 Å². The van der Waals surface area contributed by atoms with Gasteiger partial charge in [-0.2, -0.15) is 0 Å². The van der Waals surface area contributed by atoms with E-state index in [1.165, 1.54) is 12.2 Å². The number of ether oxygens (including phenoxy) is 1. The lowest BCUT2D eigenvalue weighted by atomic mass is 9.45. The molecule has 4 aliphatic rings. The number of ketones is 2. The smallest absolute Gasteiger partial charge is 0.430 e. The van der Waals surface area contributed by atoms with Crippen LogP contribution >= 0.6 is 7.82 Å². The van der Waals surface area contributed by atoms with E-state index in [0.29, 0.717) is 24.8 Å². The van der Waals surface area contributed by atoms with E-state index in [2.05, 4.69) is 4.52 Å². The summed E-state index contributed by atoms with van der Waals surface area (Å²) in [7, 11) is -5.06. The fraction of sp³-hybridized carbons (Fsp3) is 0.680. The molecular formula is C25H33O12P. The molecule has 12 nitrogen and oxygen atoms in total. The Kier molecular flexibility index (Phi) is 7.40. The highest BCUT2D eigenvalue weighted by Gasteiger charge is 2.69. The number of carbonyl (C=O) groups excluding carboxylic acids is 4. The van der Waals surface area contributed by atoms with Crippen LogP contribution in [0.1, 0.15) is 58.8 Å². The molecule has 0 heterocycles. The number of carbonyl (C=O) groups is 4.